The minimum Gasteiger partial charge on any atom is -0.496 e. The third kappa shape index (κ3) is 3.83. The summed E-state index contributed by atoms with van der Waals surface area (Å²) in [6.07, 6.45) is 0. The van der Waals surface area contributed by atoms with Crippen molar-refractivity contribution >= 4 is 38.6 Å². The van der Waals surface area contributed by atoms with E-state index < -0.39 is 0 Å². The molecule has 0 aliphatic carbocycles. The Balaban J connectivity index is 1.59. The average Bonchev–Trinajstić information content (AvgIpc) is 3.12. The van der Waals surface area contributed by atoms with Gasteiger partial charge in [-0.15, -0.1) is 0 Å². The summed E-state index contributed by atoms with van der Waals surface area (Å²) in [7, 11) is 1.56. The van der Waals surface area contributed by atoms with E-state index in [1.54, 1.807) is 13.2 Å². The number of anilines is 1. The minimum atomic E-state index is -0.239. The highest BCUT2D eigenvalue weighted by Gasteiger charge is 2.16. The Morgan fingerprint density at radius 2 is 1.77 bits per heavy atom. The Labute approximate surface area is 183 Å². The van der Waals surface area contributed by atoms with E-state index in [9.17, 15) is 4.79 Å². The first kappa shape index (κ1) is 20.2. The van der Waals surface area contributed by atoms with Crippen LogP contribution in [0.4, 0.5) is 5.69 Å². The van der Waals surface area contributed by atoms with Gasteiger partial charge in [0, 0.05) is 15.7 Å². The molecule has 3 aromatic carbocycles. The highest BCUT2D eigenvalue weighted by atomic mass is 79.9. The smallest absolute Gasteiger partial charge is 0.259 e. The lowest BCUT2D eigenvalue weighted by molar-refractivity contribution is 0.102. The molecule has 1 heterocycles. The Morgan fingerprint density at radius 3 is 2.47 bits per heavy atom. The van der Waals surface area contributed by atoms with Gasteiger partial charge in [-0.2, -0.15) is 0 Å². The summed E-state index contributed by atoms with van der Waals surface area (Å²) in [5, 5.41) is 2.92. The molecule has 0 radical (unpaired) electrons. The van der Waals surface area contributed by atoms with Gasteiger partial charge >= 0.3 is 0 Å². The van der Waals surface area contributed by atoms with Crippen molar-refractivity contribution in [2.45, 2.75) is 20.8 Å². The first-order chi connectivity index (χ1) is 14.4. The second-order valence-corrected chi connectivity index (χ2v) is 8.20. The molecule has 0 bridgehead atoms. The maximum Gasteiger partial charge on any atom is 0.259 e. The molecular weight excluding hydrogens is 444 g/mol. The molecule has 1 aromatic heterocycles. The number of nitrogens with one attached hydrogen (secondary N) is 1. The maximum atomic E-state index is 12.8. The van der Waals surface area contributed by atoms with Crippen LogP contribution in [0.2, 0.25) is 0 Å². The number of carbonyl (C=O) groups excluding carboxylic acids is 1. The summed E-state index contributed by atoms with van der Waals surface area (Å²) >= 11 is 3.44. The van der Waals surface area contributed by atoms with Gasteiger partial charge in [0.05, 0.1) is 12.7 Å². The fourth-order valence-electron chi connectivity index (χ4n) is 3.56. The summed E-state index contributed by atoms with van der Waals surface area (Å²) in [5.74, 6) is 0.877. The fraction of sp³-hybridized carbons (Fsp3) is 0.167. The molecule has 4 rings (SSSR count). The molecular formula is C24H21BrN2O3. The van der Waals surface area contributed by atoms with Crippen molar-refractivity contribution in [3.8, 4) is 17.2 Å². The van der Waals surface area contributed by atoms with Gasteiger partial charge in [-0.1, -0.05) is 22.0 Å². The number of fused-ring (bicyclic) bond motifs is 1. The van der Waals surface area contributed by atoms with E-state index >= 15 is 0 Å². The highest BCUT2D eigenvalue weighted by molar-refractivity contribution is 9.10. The van der Waals surface area contributed by atoms with Crippen LogP contribution in [0.15, 0.2) is 57.4 Å². The zero-order valence-electron chi connectivity index (χ0n) is 17.2. The van der Waals surface area contributed by atoms with Crippen LogP contribution in [0.5, 0.6) is 5.75 Å². The lowest BCUT2D eigenvalue weighted by atomic mass is 10.1. The number of halogens is 1. The third-order valence-electron chi connectivity index (χ3n) is 4.90. The number of nitrogens with zero attached hydrogens (tertiary/aromatic N) is 1. The van der Waals surface area contributed by atoms with Crippen molar-refractivity contribution in [2.75, 3.05) is 12.4 Å². The van der Waals surface area contributed by atoms with Gasteiger partial charge in [0.2, 0.25) is 5.89 Å². The van der Waals surface area contributed by atoms with E-state index in [-0.39, 0.29) is 5.91 Å². The van der Waals surface area contributed by atoms with Gasteiger partial charge in [-0.05, 0) is 79.9 Å². The Bertz CT molecular complexity index is 1260. The number of aromatic nitrogens is 1. The summed E-state index contributed by atoms with van der Waals surface area (Å²) < 4.78 is 12.2. The zero-order valence-corrected chi connectivity index (χ0v) is 18.8. The molecule has 0 atom stereocenters. The second kappa shape index (κ2) is 7.95. The van der Waals surface area contributed by atoms with Crippen molar-refractivity contribution in [3.05, 3.63) is 75.3 Å². The monoisotopic (exact) mass is 464 g/mol. The molecule has 30 heavy (non-hydrogen) atoms. The van der Waals surface area contributed by atoms with Crippen LogP contribution in [0.3, 0.4) is 0 Å². The third-order valence-corrected chi connectivity index (χ3v) is 5.36. The summed E-state index contributed by atoms with van der Waals surface area (Å²) in [5.41, 5.74) is 6.72. The van der Waals surface area contributed by atoms with Crippen molar-refractivity contribution in [2.24, 2.45) is 0 Å². The fourth-order valence-corrected chi connectivity index (χ4v) is 4.14. The molecule has 0 unspecified atom stereocenters. The van der Waals surface area contributed by atoms with Crippen LogP contribution >= 0.6 is 15.9 Å². The van der Waals surface area contributed by atoms with Crippen LogP contribution in [0, 0.1) is 20.8 Å². The summed E-state index contributed by atoms with van der Waals surface area (Å²) in [6, 6.07) is 15.2. The quantitative estimate of drug-likeness (QED) is 0.377. The minimum absolute atomic E-state index is 0.239. The number of amides is 1. The Hall–Kier alpha value is -3.12. The number of oxazole rings is 1. The number of hydrogen-bond acceptors (Lipinski definition) is 4. The number of benzene rings is 3. The molecule has 5 nitrogen and oxygen atoms in total. The van der Waals surface area contributed by atoms with Crippen LogP contribution in [0.25, 0.3) is 22.6 Å². The second-order valence-electron chi connectivity index (χ2n) is 7.28. The van der Waals surface area contributed by atoms with E-state index in [0.717, 1.165) is 37.8 Å². The van der Waals surface area contributed by atoms with Crippen molar-refractivity contribution < 1.29 is 13.9 Å². The van der Waals surface area contributed by atoms with Gasteiger partial charge in [0.15, 0.2) is 5.58 Å². The number of aryl methyl sites for hydroxylation is 3. The molecule has 1 amide bonds. The molecule has 4 aromatic rings. The molecule has 152 valence electrons. The number of carbonyl (C=O) groups is 1. The van der Waals surface area contributed by atoms with Gasteiger partial charge in [0.25, 0.3) is 5.91 Å². The van der Waals surface area contributed by atoms with Crippen LogP contribution in [0.1, 0.15) is 27.0 Å². The van der Waals surface area contributed by atoms with Crippen molar-refractivity contribution in [1.82, 2.24) is 4.98 Å². The van der Waals surface area contributed by atoms with E-state index in [4.69, 9.17) is 9.15 Å². The highest BCUT2D eigenvalue weighted by Crippen LogP contribution is 2.30. The summed E-state index contributed by atoms with van der Waals surface area (Å²) in [6.45, 7) is 5.96. The van der Waals surface area contributed by atoms with E-state index in [0.29, 0.717) is 22.9 Å². The summed E-state index contributed by atoms with van der Waals surface area (Å²) in [4.78, 5) is 17.4. The van der Waals surface area contributed by atoms with Gasteiger partial charge in [0.1, 0.15) is 11.3 Å². The first-order valence-corrected chi connectivity index (χ1v) is 10.3. The van der Waals surface area contributed by atoms with Crippen LogP contribution in [-0.2, 0) is 0 Å². The Morgan fingerprint density at radius 1 is 1.03 bits per heavy atom. The zero-order chi connectivity index (χ0) is 21.4. The normalized spacial score (nSPS) is 11.0. The molecule has 0 saturated heterocycles. The Kier molecular flexibility index (Phi) is 5.35. The number of ether oxygens (including phenoxy) is 1. The molecule has 6 heteroatoms. The van der Waals surface area contributed by atoms with Crippen LogP contribution in [-0.4, -0.2) is 18.0 Å². The molecule has 0 aliphatic heterocycles. The molecule has 0 saturated carbocycles. The van der Waals surface area contributed by atoms with Crippen LogP contribution < -0.4 is 10.1 Å². The largest absolute Gasteiger partial charge is 0.496 e. The predicted octanol–water partition coefficient (Wildman–Crippen LogP) is 6.44. The number of rotatable bonds is 4. The van der Waals surface area contributed by atoms with Crippen molar-refractivity contribution in [1.29, 1.82) is 0 Å². The topological polar surface area (TPSA) is 64.4 Å². The lowest BCUT2D eigenvalue weighted by Gasteiger charge is -2.12. The maximum absolute atomic E-state index is 12.8. The molecule has 0 spiro atoms. The lowest BCUT2D eigenvalue weighted by Crippen LogP contribution is -2.13. The molecule has 0 fully saturated rings. The molecule has 1 N–H and O–H groups in total. The molecule has 0 aliphatic rings. The number of methoxy groups -OCH3 is 1. The standard InChI is InChI=1S/C24H21BrN2O3/c1-13-9-14(2)22-20(10-13)27-24(30-22)16-5-7-18(8-6-16)26-23(28)19-12-17(25)11-15(3)21(19)29-4/h5-12H,1-4H3,(H,26,28). The average molecular weight is 465 g/mol. The van der Waals surface area contributed by atoms with E-state index in [1.807, 2.05) is 57.2 Å². The predicted molar refractivity (Wildman–Crippen MR) is 122 cm³/mol. The SMILES string of the molecule is COc1c(C)cc(Br)cc1C(=O)Nc1ccc(-c2nc3cc(C)cc(C)c3o2)cc1. The van der Waals surface area contributed by atoms with E-state index in [2.05, 4.69) is 32.3 Å². The van der Waals surface area contributed by atoms with Gasteiger partial charge < -0.3 is 14.5 Å². The van der Waals surface area contributed by atoms with Gasteiger partial charge in [-0.25, -0.2) is 4.98 Å². The van der Waals surface area contributed by atoms with Gasteiger partial charge in [-0.3, -0.25) is 4.79 Å². The first-order valence-electron chi connectivity index (χ1n) is 9.49. The van der Waals surface area contributed by atoms with E-state index in [1.165, 1.54) is 0 Å². The number of hydrogen-bond donors (Lipinski definition) is 1. The van der Waals surface area contributed by atoms with Crippen molar-refractivity contribution in [3.63, 3.8) is 0 Å².